The molecule has 1 saturated heterocycles. The Labute approximate surface area is 147 Å². The number of benzene rings is 1. The predicted molar refractivity (Wildman–Crippen MR) is 94.5 cm³/mol. The molecular weight excluding hydrogens is 338 g/mol. The molecule has 0 unspecified atom stereocenters. The summed E-state index contributed by atoms with van der Waals surface area (Å²) in [5.41, 5.74) is 1.19. The lowest BCUT2D eigenvalue weighted by Crippen LogP contribution is -2.35. The summed E-state index contributed by atoms with van der Waals surface area (Å²) in [7, 11) is -3.42. The van der Waals surface area contributed by atoms with Crippen molar-refractivity contribution in [3.8, 4) is 0 Å². The first-order valence-electron chi connectivity index (χ1n) is 8.36. The van der Waals surface area contributed by atoms with Gasteiger partial charge in [-0.15, -0.1) is 0 Å². The van der Waals surface area contributed by atoms with Gasteiger partial charge in [-0.25, -0.2) is 8.42 Å². The van der Waals surface area contributed by atoms with E-state index in [1.165, 1.54) is 0 Å². The van der Waals surface area contributed by atoms with E-state index >= 15 is 0 Å². The third-order valence-electron chi connectivity index (χ3n) is 4.23. The van der Waals surface area contributed by atoms with E-state index < -0.39 is 10.0 Å². The molecule has 2 aromatic rings. The van der Waals surface area contributed by atoms with Crippen molar-refractivity contribution < 1.29 is 13.2 Å². The first kappa shape index (κ1) is 17.6. The molecule has 1 fully saturated rings. The zero-order valence-corrected chi connectivity index (χ0v) is 14.7. The molecule has 2 heterocycles. The van der Waals surface area contributed by atoms with Crippen LogP contribution in [0.1, 0.15) is 35.3 Å². The van der Waals surface area contributed by atoms with E-state index in [1.807, 2.05) is 0 Å². The zero-order valence-electron chi connectivity index (χ0n) is 13.9. The molecule has 0 bridgehead atoms. The lowest BCUT2D eigenvalue weighted by molar-refractivity contribution is 0.0946. The standard InChI is InChI=1S/C18H21N3O3S/c22-18(17-6-2-3-11-19-17)20-14-15-7-9-16(10-8-15)25(23,24)21-12-4-1-5-13-21/h2-3,6-11H,1,4-5,12-14H2,(H,20,22). The van der Waals surface area contributed by atoms with Gasteiger partial charge in [0.15, 0.2) is 0 Å². The van der Waals surface area contributed by atoms with Crippen LogP contribution < -0.4 is 5.32 Å². The number of aromatic nitrogens is 1. The lowest BCUT2D eigenvalue weighted by atomic mass is 10.2. The highest BCUT2D eigenvalue weighted by atomic mass is 32.2. The van der Waals surface area contributed by atoms with Crippen LogP contribution in [-0.2, 0) is 16.6 Å². The largest absolute Gasteiger partial charge is 0.347 e. The van der Waals surface area contributed by atoms with Gasteiger partial charge in [-0.3, -0.25) is 9.78 Å². The Balaban J connectivity index is 1.63. The molecule has 132 valence electrons. The maximum Gasteiger partial charge on any atom is 0.270 e. The second-order valence-corrected chi connectivity index (χ2v) is 7.94. The Kier molecular flexibility index (Phi) is 5.45. The van der Waals surface area contributed by atoms with Crippen molar-refractivity contribution in [1.82, 2.24) is 14.6 Å². The van der Waals surface area contributed by atoms with Crippen molar-refractivity contribution in [3.05, 3.63) is 59.9 Å². The topological polar surface area (TPSA) is 79.4 Å². The van der Waals surface area contributed by atoms with E-state index in [2.05, 4.69) is 10.3 Å². The molecule has 1 N–H and O–H groups in total. The first-order valence-corrected chi connectivity index (χ1v) is 9.80. The maximum atomic E-state index is 12.6. The van der Waals surface area contributed by atoms with Crippen LogP contribution in [0.4, 0.5) is 0 Å². The number of hydrogen-bond donors (Lipinski definition) is 1. The highest BCUT2D eigenvalue weighted by molar-refractivity contribution is 7.89. The van der Waals surface area contributed by atoms with Gasteiger partial charge < -0.3 is 5.32 Å². The molecule has 1 aromatic heterocycles. The monoisotopic (exact) mass is 359 g/mol. The molecule has 7 heteroatoms. The summed E-state index contributed by atoms with van der Waals surface area (Å²) >= 11 is 0. The molecule has 0 aliphatic carbocycles. The van der Waals surface area contributed by atoms with Gasteiger partial charge in [-0.1, -0.05) is 24.6 Å². The summed E-state index contributed by atoms with van der Waals surface area (Å²) < 4.78 is 26.7. The number of pyridine rings is 1. The summed E-state index contributed by atoms with van der Waals surface area (Å²) in [6, 6.07) is 11.8. The minimum absolute atomic E-state index is 0.259. The van der Waals surface area contributed by atoms with Crippen LogP contribution in [-0.4, -0.2) is 36.7 Å². The minimum Gasteiger partial charge on any atom is -0.347 e. The quantitative estimate of drug-likeness (QED) is 0.887. The summed E-state index contributed by atoms with van der Waals surface area (Å²) in [6.07, 6.45) is 4.48. The molecule has 6 nitrogen and oxygen atoms in total. The number of nitrogens with one attached hydrogen (secondary N) is 1. The number of piperidine rings is 1. The van der Waals surface area contributed by atoms with Crippen LogP contribution >= 0.6 is 0 Å². The van der Waals surface area contributed by atoms with Gasteiger partial charge >= 0.3 is 0 Å². The van der Waals surface area contributed by atoms with Crippen LogP contribution in [0.5, 0.6) is 0 Å². The third-order valence-corrected chi connectivity index (χ3v) is 6.14. The minimum atomic E-state index is -3.42. The summed E-state index contributed by atoms with van der Waals surface area (Å²) in [4.78, 5) is 16.3. The van der Waals surface area contributed by atoms with E-state index in [9.17, 15) is 13.2 Å². The molecule has 25 heavy (non-hydrogen) atoms. The molecule has 3 rings (SSSR count). The van der Waals surface area contributed by atoms with Gasteiger partial charge in [0.25, 0.3) is 5.91 Å². The smallest absolute Gasteiger partial charge is 0.270 e. The molecular formula is C18H21N3O3S. The van der Waals surface area contributed by atoms with Crippen molar-refractivity contribution in [3.63, 3.8) is 0 Å². The fourth-order valence-corrected chi connectivity index (χ4v) is 4.32. The van der Waals surface area contributed by atoms with Crippen LogP contribution in [0.15, 0.2) is 53.6 Å². The van der Waals surface area contributed by atoms with Crippen LogP contribution in [0.25, 0.3) is 0 Å². The Morgan fingerprint density at radius 1 is 1.04 bits per heavy atom. The number of hydrogen-bond acceptors (Lipinski definition) is 4. The van der Waals surface area contributed by atoms with Crippen molar-refractivity contribution in [2.45, 2.75) is 30.7 Å². The number of sulfonamides is 1. The summed E-state index contributed by atoms with van der Waals surface area (Å²) in [6.45, 7) is 1.49. The molecule has 0 atom stereocenters. The molecule has 1 amide bonds. The van der Waals surface area contributed by atoms with Gasteiger partial charge in [0.1, 0.15) is 5.69 Å². The van der Waals surface area contributed by atoms with Crippen molar-refractivity contribution in [2.75, 3.05) is 13.1 Å². The molecule has 0 saturated carbocycles. The normalized spacial score (nSPS) is 15.7. The first-order chi connectivity index (χ1) is 12.1. The van der Waals surface area contributed by atoms with E-state index in [0.29, 0.717) is 30.2 Å². The van der Waals surface area contributed by atoms with E-state index in [-0.39, 0.29) is 5.91 Å². The zero-order chi connectivity index (χ0) is 17.7. The van der Waals surface area contributed by atoms with Crippen molar-refractivity contribution in [2.24, 2.45) is 0 Å². The van der Waals surface area contributed by atoms with Crippen molar-refractivity contribution >= 4 is 15.9 Å². The number of nitrogens with zero attached hydrogens (tertiary/aromatic N) is 2. The van der Waals surface area contributed by atoms with E-state index in [1.54, 1.807) is 53.0 Å². The Bertz CT molecular complexity index is 814. The summed E-state index contributed by atoms with van der Waals surface area (Å²) in [5, 5.41) is 2.78. The highest BCUT2D eigenvalue weighted by Gasteiger charge is 2.25. The van der Waals surface area contributed by atoms with Gasteiger partial charge in [-0.2, -0.15) is 4.31 Å². The number of amides is 1. The van der Waals surface area contributed by atoms with Crippen LogP contribution in [0.3, 0.4) is 0 Å². The second kappa shape index (κ2) is 7.76. The predicted octanol–water partition coefficient (Wildman–Crippen LogP) is 2.19. The average molecular weight is 359 g/mol. The molecule has 0 radical (unpaired) electrons. The molecule has 1 aliphatic rings. The van der Waals surface area contributed by atoms with Crippen LogP contribution in [0, 0.1) is 0 Å². The Hall–Kier alpha value is -2.25. The summed E-state index contributed by atoms with van der Waals surface area (Å²) in [5.74, 6) is -0.259. The maximum absolute atomic E-state index is 12.6. The molecule has 1 aromatic carbocycles. The van der Waals surface area contributed by atoms with Gasteiger partial charge in [0, 0.05) is 25.8 Å². The fourth-order valence-electron chi connectivity index (χ4n) is 2.80. The Morgan fingerprint density at radius 3 is 2.40 bits per heavy atom. The van der Waals surface area contributed by atoms with Gasteiger partial charge in [0.05, 0.1) is 4.90 Å². The number of rotatable bonds is 5. The number of carbonyl (C=O) groups excluding carboxylic acids is 1. The third kappa shape index (κ3) is 4.24. The highest BCUT2D eigenvalue weighted by Crippen LogP contribution is 2.20. The lowest BCUT2D eigenvalue weighted by Gasteiger charge is -2.25. The van der Waals surface area contributed by atoms with Crippen molar-refractivity contribution in [1.29, 1.82) is 0 Å². The van der Waals surface area contributed by atoms with Crippen LogP contribution in [0.2, 0.25) is 0 Å². The SMILES string of the molecule is O=C(NCc1ccc(S(=O)(=O)N2CCCCC2)cc1)c1ccccn1. The second-order valence-electron chi connectivity index (χ2n) is 6.01. The average Bonchev–Trinajstić information content (AvgIpc) is 2.68. The van der Waals surface area contributed by atoms with Gasteiger partial charge in [0.2, 0.25) is 10.0 Å². The Morgan fingerprint density at radius 2 is 1.76 bits per heavy atom. The molecule has 0 spiro atoms. The molecule has 1 aliphatic heterocycles. The number of carbonyl (C=O) groups is 1. The van der Waals surface area contributed by atoms with Gasteiger partial charge in [-0.05, 0) is 42.7 Å². The van der Waals surface area contributed by atoms with E-state index in [0.717, 1.165) is 24.8 Å². The fraction of sp³-hybridized carbons (Fsp3) is 0.333. The van der Waals surface area contributed by atoms with E-state index in [4.69, 9.17) is 0 Å².